The lowest BCUT2D eigenvalue weighted by Gasteiger charge is -2.31. The van der Waals surface area contributed by atoms with E-state index in [2.05, 4.69) is 245 Å². The zero-order valence-electron chi connectivity index (χ0n) is 37.6. The smallest absolute Gasteiger partial charge is 0.143 e. The van der Waals surface area contributed by atoms with Crippen LogP contribution in [0.3, 0.4) is 0 Å². The summed E-state index contributed by atoms with van der Waals surface area (Å²) in [6, 6.07) is 78.4. The van der Waals surface area contributed by atoms with Crippen molar-refractivity contribution in [1.29, 1.82) is 0 Å². The molecule has 0 spiro atoms. The first-order valence-electron chi connectivity index (χ1n) is 23.2. The van der Waals surface area contributed by atoms with Gasteiger partial charge in [-0.25, -0.2) is 0 Å². The molecule has 0 atom stereocenters. The molecule has 0 amide bonds. The van der Waals surface area contributed by atoms with E-state index in [1.807, 2.05) is 0 Å². The summed E-state index contributed by atoms with van der Waals surface area (Å²) in [5.41, 5.74) is 22.8. The molecule has 314 valence electrons. The summed E-state index contributed by atoms with van der Waals surface area (Å²) in [5, 5.41) is 4.58. The number of nitrogens with zero attached hydrogens (tertiary/aromatic N) is 1. The molecule has 1 aromatic heterocycles. The first-order chi connectivity index (χ1) is 32.3. The van der Waals surface area contributed by atoms with Gasteiger partial charge in [0.2, 0.25) is 0 Å². The number of hydrogen-bond acceptors (Lipinski definition) is 2. The molecule has 2 aliphatic carbocycles. The van der Waals surface area contributed by atoms with Gasteiger partial charge in [0.1, 0.15) is 11.2 Å². The molecule has 0 bridgehead atoms. The van der Waals surface area contributed by atoms with Gasteiger partial charge in [0.15, 0.2) is 0 Å². The molecule has 2 aliphatic rings. The minimum Gasteiger partial charge on any atom is -0.455 e. The van der Waals surface area contributed by atoms with Crippen molar-refractivity contribution in [3.8, 4) is 55.6 Å². The Morgan fingerprint density at radius 1 is 0.364 bits per heavy atom. The Labute approximate surface area is 386 Å². The van der Waals surface area contributed by atoms with E-state index in [-0.39, 0.29) is 10.8 Å². The van der Waals surface area contributed by atoms with E-state index in [0.29, 0.717) is 0 Å². The van der Waals surface area contributed by atoms with E-state index in [1.165, 1.54) is 72.1 Å². The fourth-order valence-corrected chi connectivity index (χ4v) is 11.7. The Morgan fingerprint density at radius 3 is 1.73 bits per heavy atom. The average Bonchev–Trinajstić information content (AvgIpc) is 3.95. The maximum absolute atomic E-state index is 6.63. The molecule has 66 heavy (non-hydrogen) atoms. The molecule has 2 nitrogen and oxygen atoms in total. The van der Waals surface area contributed by atoms with Crippen molar-refractivity contribution < 1.29 is 4.42 Å². The monoisotopic (exact) mass is 845 g/mol. The standard InChI is InChI=1S/C64H47NO/c1-63(2)54-26-12-8-22-51(54)60-50(24-15-27-55(60)63)49-21-10-14-29-58(49)65(57-28-13-9-18-44(57)42-34-37-48-47-20-7-11-25-53(47)64(3,4)56(48)39-42)43-35-31-41(32-36-43)45-23-16-30-59-61(45)52-38-33-40-17-5-6-19-46(40)62(52)66-59/h5-39H,1-4H3. The molecule has 0 unspecified atom stereocenters. The summed E-state index contributed by atoms with van der Waals surface area (Å²) in [6.45, 7) is 9.46. The highest BCUT2D eigenvalue weighted by molar-refractivity contribution is 6.19. The van der Waals surface area contributed by atoms with E-state index in [1.54, 1.807) is 0 Å². The molecule has 0 N–H and O–H groups in total. The van der Waals surface area contributed by atoms with Crippen LogP contribution in [0.2, 0.25) is 0 Å². The van der Waals surface area contributed by atoms with E-state index >= 15 is 0 Å². The molecular formula is C64H47NO. The lowest BCUT2D eigenvalue weighted by molar-refractivity contribution is 0.660. The van der Waals surface area contributed by atoms with Crippen LogP contribution in [0.1, 0.15) is 49.9 Å². The van der Waals surface area contributed by atoms with Gasteiger partial charge in [-0.05, 0) is 115 Å². The van der Waals surface area contributed by atoms with E-state index in [4.69, 9.17) is 4.42 Å². The van der Waals surface area contributed by atoms with Gasteiger partial charge in [0.05, 0.1) is 11.4 Å². The second kappa shape index (κ2) is 14.3. The maximum Gasteiger partial charge on any atom is 0.143 e. The molecule has 13 rings (SSSR count). The second-order valence-electron chi connectivity index (χ2n) is 19.2. The molecule has 0 radical (unpaired) electrons. The largest absolute Gasteiger partial charge is 0.455 e. The zero-order valence-corrected chi connectivity index (χ0v) is 37.6. The van der Waals surface area contributed by atoms with Gasteiger partial charge in [0.25, 0.3) is 0 Å². The van der Waals surface area contributed by atoms with Crippen LogP contribution in [0, 0.1) is 0 Å². The van der Waals surface area contributed by atoms with Crippen LogP contribution >= 0.6 is 0 Å². The van der Waals surface area contributed by atoms with Crippen LogP contribution in [0.5, 0.6) is 0 Å². The lowest BCUT2D eigenvalue weighted by Crippen LogP contribution is -2.15. The van der Waals surface area contributed by atoms with Crippen LogP contribution in [-0.4, -0.2) is 0 Å². The number of hydrogen-bond donors (Lipinski definition) is 0. The van der Waals surface area contributed by atoms with Crippen molar-refractivity contribution in [1.82, 2.24) is 0 Å². The van der Waals surface area contributed by atoms with Crippen molar-refractivity contribution in [2.24, 2.45) is 0 Å². The highest BCUT2D eigenvalue weighted by Crippen LogP contribution is 2.55. The van der Waals surface area contributed by atoms with E-state index in [9.17, 15) is 0 Å². The predicted octanol–water partition coefficient (Wildman–Crippen LogP) is 17.8. The molecule has 11 aromatic rings. The van der Waals surface area contributed by atoms with Crippen LogP contribution < -0.4 is 4.90 Å². The van der Waals surface area contributed by atoms with Gasteiger partial charge >= 0.3 is 0 Å². The lowest BCUT2D eigenvalue weighted by atomic mass is 9.81. The number of anilines is 3. The van der Waals surface area contributed by atoms with Gasteiger partial charge in [0, 0.05) is 43.8 Å². The van der Waals surface area contributed by atoms with Gasteiger partial charge < -0.3 is 9.32 Å². The minimum absolute atomic E-state index is 0.115. The quantitative estimate of drug-likeness (QED) is 0.166. The third-order valence-corrected chi connectivity index (χ3v) is 14.9. The number of para-hydroxylation sites is 2. The molecule has 1 heterocycles. The summed E-state index contributed by atoms with van der Waals surface area (Å²) in [4.78, 5) is 2.49. The van der Waals surface area contributed by atoms with Gasteiger partial charge in [-0.2, -0.15) is 0 Å². The zero-order chi connectivity index (χ0) is 44.3. The molecule has 2 heteroatoms. The van der Waals surface area contributed by atoms with Gasteiger partial charge in [-0.1, -0.05) is 198 Å². The van der Waals surface area contributed by atoms with Crippen LogP contribution in [0.15, 0.2) is 217 Å². The molecular weight excluding hydrogens is 799 g/mol. The second-order valence-corrected chi connectivity index (χ2v) is 19.2. The number of benzene rings is 10. The summed E-state index contributed by atoms with van der Waals surface area (Å²) in [7, 11) is 0. The Morgan fingerprint density at radius 2 is 0.924 bits per heavy atom. The molecule has 0 fully saturated rings. The number of fused-ring (bicyclic) bond motifs is 11. The highest BCUT2D eigenvalue weighted by Gasteiger charge is 2.38. The fourth-order valence-electron chi connectivity index (χ4n) is 11.7. The van der Waals surface area contributed by atoms with Gasteiger partial charge in [-0.15, -0.1) is 0 Å². The summed E-state index contributed by atoms with van der Waals surface area (Å²) < 4.78 is 6.63. The third kappa shape index (κ3) is 5.55. The van der Waals surface area contributed by atoms with Crippen molar-refractivity contribution in [3.63, 3.8) is 0 Å². The first kappa shape index (κ1) is 38.5. The third-order valence-electron chi connectivity index (χ3n) is 14.9. The summed E-state index contributed by atoms with van der Waals surface area (Å²) in [5.74, 6) is 0. The molecule has 10 aromatic carbocycles. The van der Waals surface area contributed by atoms with E-state index in [0.717, 1.165) is 55.5 Å². The molecule has 0 saturated carbocycles. The highest BCUT2D eigenvalue weighted by atomic mass is 16.3. The van der Waals surface area contributed by atoms with Crippen molar-refractivity contribution >= 4 is 49.8 Å². The van der Waals surface area contributed by atoms with Crippen molar-refractivity contribution in [2.75, 3.05) is 4.90 Å². The van der Waals surface area contributed by atoms with Crippen LogP contribution in [0.4, 0.5) is 17.1 Å². The minimum atomic E-state index is -0.118. The SMILES string of the molecule is CC1(C)c2ccccc2-c2ccc(-c3ccccc3N(c3ccc(-c4cccc5oc6c7ccccc7ccc6c45)cc3)c3ccccc3-c3cccc4c3-c3ccccc3C4(C)C)cc21. The van der Waals surface area contributed by atoms with Gasteiger partial charge in [-0.3, -0.25) is 0 Å². The number of rotatable bonds is 6. The Hall–Kier alpha value is -7.94. The Bertz CT molecular complexity index is 3770. The Kier molecular flexibility index (Phi) is 8.33. The summed E-state index contributed by atoms with van der Waals surface area (Å²) >= 11 is 0. The first-order valence-corrected chi connectivity index (χ1v) is 23.2. The average molecular weight is 846 g/mol. The van der Waals surface area contributed by atoms with Crippen molar-refractivity contribution in [3.05, 3.63) is 235 Å². The fraction of sp³-hybridized carbons (Fsp3) is 0.0938. The van der Waals surface area contributed by atoms with Crippen LogP contribution in [0.25, 0.3) is 88.3 Å². The number of furan rings is 1. The normalized spacial score (nSPS) is 14.0. The Balaban J connectivity index is 1.01. The predicted molar refractivity (Wildman–Crippen MR) is 277 cm³/mol. The summed E-state index contributed by atoms with van der Waals surface area (Å²) in [6.07, 6.45) is 0. The molecule has 0 saturated heterocycles. The maximum atomic E-state index is 6.63. The van der Waals surface area contributed by atoms with Crippen molar-refractivity contribution in [2.45, 2.75) is 38.5 Å². The molecule has 0 aliphatic heterocycles. The topological polar surface area (TPSA) is 16.4 Å². The van der Waals surface area contributed by atoms with Crippen LogP contribution in [-0.2, 0) is 10.8 Å². The van der Waals surface area contributed by atoms with E-state index < -0.39 is 0 Å².